The molecule has 0 saturated carbocycles. The summed E-state index contributed by atoms with van der Waals surface area (Å²) in [6.07, 6.45) is 15.7. The first-order chi connectivity index (χ1) is 7.45. The SMILES string of the molecule is C1=CC[C]([Cr][C]2=CC=CC2)=C1.F[B-](F)(F)F. The number of hydrogen-bond donors (Lipinski definition) is 0. The summed E-state index contributed by atoms with van der Waals surface area (Å²) < 4.78 is 42.2. The largest absolute Gasteiger partial charge is 0.673 e. The Balaban J connectivity index is 0.000000221. The Morgan fingerprint density at radius 2 is 1.25 bits per heavy atom. The molecule has 0 spiro atoms. The van der Waals surface area contributed by atoms with Gasteiger partial charge in [0.05, 0.1) is 0 Å². The molecule has 0 aromatic carbocycles. The van der Waals surface area contributed by atoms with Crippen LogP contribution >= 0.6 is 0 Å². The first-order valence-electron chi connectivity index (χ1n) is 4.72. The first-order valence-corrected chi connectivity index (χ1v) is 5.99. The zero-order chi connectivity index (χ0) is 12.0. The summed E-state index contributed by atoms with van der Waals surface area (Å²) in [6.45, 7) is 0. The van der Waals surface area contributed by atoms with Crippen LogP contribution in [0, 0.1) is 0 Å². The minimum absolute atomic E-state index is 0.632. The van der Waals surface area contributed by atoms with Gasteiger partial charge in [-0.3, -0.25) is 0 Å². The molecule has 0 unspecified atom stereocenters. The van der Waals surface area contributed by atoms with Gasteiger partial charge in [-0.2, -0.15) is 0 Å². The zero-order valence-corrected chi connectivity index (χ0v) is 9.65. The van der Waals surface area contributed by atoms with E-state index >= 15 is 0 Å². The quantitative estimate of drug-likeness (QED) is 0.524. The van der Waals surface area contributed by atoms with E-state index in [1.54, 1.807) is 8.87 Å². The molecule has 0 heterocycles. The van der Waals surface area contributed by atoms with Gasteiger partial charge in [0.1, 0.15) is 0 Å². The van der Waals surface area contributed by atoms with Gasteiger partial charge in [0.25, 0.3) is 0 Å². The maximum absolute atomic E-state index is 9.75. The second-order valence-electron chi connectivity index (χ2n) is 3.13. The van der Waals surface area contributed by atoms with Crippen molar-refractivity contribution in [3.8, 4) is 0 Å². The summed E-state index contributed by atoms with van der Waals surface area (Å²) >= 11 is 0.632. The van der Waals surface area contributed by atoms with Gasteiger partial charge in [0.15, 0.2) is 0 Å². The molecule has 0 fully saturated rings. The predicted octanol–water partition coefficient (Wildman–Crippen LogP) is 4.06. The normalized spacial score (nSPS) is 18.0. The van der Waals surface area contributed by atoms with E-state index in [0.29, 0.717) is 15.2 Å². The van der Waals surface area contributed by atoms with Crippen molar-refractivity contribution in [2.75, 3.05) is 0 Å². The second kappa shape index (κ2) is 6.12. The van der Waals surface area contributed by atoms with Gasteiger partial charge >= 0.3 is 80.6 Å². The Morgan fingerprint density at radius 3 is 1.50 bits per heavy atom. The molecule has 0 aromatic rings. The van der Waals surface area contributed by atoms with Crippen molar-refractivity contribution in [1.29, 1.82) is 0 Å². The van der Waals surface area contributed by atoms with Crippen molar-refractivity contribution in [2.45, 2.75) is 12.8 Å². The van der Waals surface area contributed by atoms with Crippen LogP contribution in [0.5, 0.6) is 0 Å². The van der Waals surface area contributed by atoms with E-state index in [2.05, 4.69) is 36.5 Å². The van der Waals surface area contributed by atoms with Crippen molar-refractivity contribution >= 4 is 7.25 Å². The molecule has 0 nitrogen and oxygen atoms in total. The maximum Gasteiger partial charge on any atom is 0.673 e. The van der Waals surface area contributed by atoms with Crippen LogP contribution in [0.3, 0.4) is 0 Å². The Bertz CT molecular complexity index is 318. The van der Waals surface area contributed by atoms with E-state index < -0.39 is 7.25 Å². The molecule has 0 atom stereocenters. The van der Waals surface area contributed by atoms with E-state index in [4.69, 9.17) is 0 Å². The van der Waals surface area contributed by atoms with E-state index in [1.807, 2.05) is 0 Å². The van der Waals surface area contributed by atoms with Crippen molar-refractivity contribution in [3.05, 3.63) is 45.3 Å². The predicted molar refractivity (Wildman–Crippen MR) is 53.9 cm³/mol. The molecule has 2 rings (SSSR count). The monoisotopic (exact) mass is 269 g/mol. The van der Waals surface area contributed by atoms with Crippen LogP contribution in [-0.4, -0.2) is 7.25 Å². The van der Waals surface area contributed by atoms with E-state index in [-0.39, 0.29) is 0 Å². The molecule has 0 bridgehead atoms. The Labute approximate surface area is 98.2 Å². The summed E-state index contributed by atoms with van der Waals surface area (Å²) in [5, 5.41) is 0. The number of hydrogen-bond acceptors (Lipinski definition) is 0. The van der Waals surface area contributed by atoms with Gasteiger partial charge in [-0.15, -0.1) is 0 Å². The molecule has 0 amide bonds. The maximum atomic E-state index is 9.75. The van der Waals surface area contributed by atoms with Crippen molar-refractivity contribution in [3.63, 3.8) is 0 Å². The van der Waals surface area contributed by atoms with Crippen LogP contribution in [0.25, 0.3) is 0 Å². The van der Waals surface area contributed by atoms with Crippen LogP contribution in [0.2, 0.25) is 0 Å². The topological polar surface area (TPSA) is 0 Å². The summed E-state index contributed by atoms with van der Waals surface area (Å²) in [6, 6.07) is 0. The van der Waals surface area contributed by atoms with Gasteiger partial charge in [-0.25, -0.2) is 0 Å². The number of halogens is 4. The van der Waals surface area contributed by atoms with Gasteiger partial charge in [0.2, 0.25) is 0 Å². The van der Waals surface area contributed by atoms with E-state index in [9.17, 15) is 17.3 Å². The smallest absolute Gasteiger partial charge is 0.418 e. The Kier molecular flexibility index (Phi) is 5.10. The van der Waals surface area contributed by atoms with Crippen molar-refractivity contribution < 1.29 is 32.5 Å². The molecular weight excluding hydrogens is 259 g/mol. The third-order valence-electron chi connectivity index (χ3n) is 1.74. The number of rotatable bonds is 2. The molecule has 16 heavy (non-hydrogen) atoms. The third kappa shape index (κ3) is 6.70. The van der Waals surface area contributed by atoms with Gasteiger partial charge in [-0.05, 0) is 0 Å². The Hall–Kier alpha value is -0.723. The summed E-state index contributed by atoms with van der Waals surface area (Å²) in [4.78, 5) is 0. The molecule has 0 N–H and O–H groups in total. The standard InChI is InChI=1S/2C5H5.BF4.Cr/c2*1-2-4-5-3-1;2-1(3,4)5;/h2*1-3H,4H2;;/q;;-1;. The summed E-state index contributed by atoms with van der Waals surface area (Å²) in [5.41, 5.74) is 0. The molecule has 0 aliphatic heterocycles. The van der Waals surface area contributed by atoms with Crippen molar-refractivity contribution in [2.24, 2.45) is 0 Å². The average Bonchev–Trinajstić information content (AvgIpc) is 2.74. The van der Waals surface area contributed by atoms with Crippen LogP contribution < -0.4 is 0 Å². The van der Waals surface area contributed by atoms with Crippen LogP contribution in [0.15, 0.2) is 45.3 Å². The molecule has 0 saturated heterocycles. The fraction of sp³-hybridized carbons (Fsp3) is 0.200. The van der Waals surface area contributed by atoms with E-state index in [1.165, 1.54) is 12.8 Å². The number of allylic oxidation sites excluding steroid dienone is 8. The Morgan fingerprint density at radius 1 is 0.875 bits per heavy atom. The first kappa shape index (κ1) is 13.3. The van der Waals surface area contributed by atoms with Gasteiger partial charge < -0.3 is 17.3 Å². The minimum Gasteiger partial charge on any atom is -0.418 e. The third-order valence-corrected chi connectivity index (χ3v) is 3.50. The fourth-order valence-corrected chi connectivity index (χ4v) is 2.72. The van der Waals surface area contributed by atoms with E-state index in [0.717, 1.165) is 0 Å². The fourth-order valence-electron chi connectivity index (χ4n) is 1.17. The average molecular weight is 269 g/mol. The van der Waals surface area contributed by atoms with Crippen molar-refractivity contribution in [1.82, 2.24) is 0 Å². The molecule has 6 heteroatoms. The van der Waals surface area contributed by atoms with Crippen LogP contribution in [0.4, 0.5) is 17.3 Å². The summed E-state index contributed by atoms with van der Waals surface area (Å²) in [5.74, 6) is 0. The molecular formula is C10H10BCrF4-. The molecule has 88 valence electrons. The molecule has 2 aliphatic carbocycles. The minimum atomic E-state index is -6.00. The zero-order valence-electron chi connectivity index (χ0n) is 8.38. The van der Waals surface area contributed by atoms with Crippen LogP contribution in [0.1, 0.15) is 12.8 Å². The molecule has 2 aliphatic rings. The molecule has 0 aromatic heterocycles. The van der Waals surface area contributed by atoms with Gasteiger partial charge in [-0.1, -0.05) is 0 Å². The van der Waals surface area contributed by atoms with Crippen LogP contribution in [-0.2, 0) is 15.2 Å². The summed E-state index contributed by atoms with van der Waals surface area (Å²) in [7, 11) is -6.00. The molecule has 0 radical (unpaired) electrons. The van der Waals surface area contributed by atoms with Gasteiger partial charge in [0, 0.05) is 0 Å². The second-order valence-corrected chi connectivity index (χ2v) is 5.08.